The summed E-state index contributed by atoms with van der Waals surface area (Å²) in [6.07, 6.45) is 0.975. The summed E-state index contributed by atoms with van der Waals surface area (Å²) in [5.41, 5.74) is 0.799. The standard InChI is InChI=1S/C14H20F2N2S/c1-2-17-10-11-8-12(15)14(13(16)9-11)18-4-3-6-19-7-5-18/h8-9,17H,2-7,10H2,1H3. The van der Waals surface area contributed by atoms with Gasteiger partial charge in [0.25, 0.3) is 0 Å². The number of nitrogens with zero attached hydrogens (tertiary/aromatic N) is 1. The second-order valence-electron chi connectivity index (χ2n) is 4.64. The van der Waals surface area contributed by atoms with E-state index in [0.29, 0.717) is 18.7 Å². The van der Waals surface area contributed by atoms with E-state index >= 15 is 0 Å². The van der Waals surface area contributed by atoms with Gasteiger partial charge in [0.05, 0.1) is 0 Å². The molecule has 5 heteroatoms. The van der Waals surface area contributed by atoms with Gasteiger partial charge >= 0.3 is 0 Å². The fraction of sp³-hybridized carbons (Fsp3) is 0.571. The van der Waals surface area contributed by atoms with E-state index in [4.69, 9.17) is 0 Å². The summed E-state index contributed by atoms with van der Waals surface area (Å²) in [5, 5.41) is 3.08. The normalized spacial score (nSPS) is 16.5. The predicted octanol–water partition coefficient (Wildman–Crippen LogP) is 3.02. The predicted molar refractivity (Wildman–Crippen MR) is 77.9 cm³/mol. The van der Waals surface area contributed by atoms with Crippen molar-refractivity contribution in [2.75, 3.05) is 36.0 Å². The third-order valence-corrected chi connectivity index (χ3v) is 4.24. The molecule has 0 amide bonds. The van der Waals surface area contributed by atoms with Crippen molar-refractivity contribution in [2.45, 2.75) is 19.9 Å². The van der Waals surface area contributed by atoms with Gasteiger partial charge in [-0.25, -0.2) is 8.78 Å². The molecule has 1 heterocycles. The summed E-state index contributed by atoms with van der Waals surface area (Å²) in [7, 11) is 0. The molecule has 0 radical (unpaired) electrons. The molecule has 1 saturated heterocycles. The van der Waals surface area contributed by atoms with Crippen LogP contribution in [0.1, 0.15) is 18.9 Å². The number of anilines is 1. The molecule has 2 nitrogen and oxygen atoms in total. The Kier molecular flexibility index (Phi) is 5.45. The molecular weight excluding hydrogens is 266 g/mol. The average molecular weight is 286 g/mol. The van der Waals surface area contributed by atoms with Crippen LogP contribution in [0.2, 0.25) is 0 Å². The summed E-state index contributed by atoms with van der Waals surface area (Å²) in [4.78, 5) is 1.84. The van der Waals surface area contributed by atoms with Crippen LogP contribution in [0.4, 0.5) is 14.5 Å². The molecule has 0 bridgehead atoms. The largest absolute Gasteiger partial charge is 0.366 e. The van der Waals surface area contributed by atoms with Crippen LogP contribution >= 0.6 is 11.8 Å². The van der Waals surface area contributed by atoms with Crippen LogP contribution in [0, 0.1) is 11.6 Å². The number of hydrogen-bond donors (Lipinski definition) is 1. The van der Waals surface area contributed by atoms with Crippen LogP contribution in [0.5, 0.6) is 0 Å². The van der Waals surface area contributed by atoms with Crippen molar-refractivity contribution in [3.63, 3.8) is 0 Å². The Morgan fingerprint density at radius 2 is 1.95 bits per heavy atom. The quantitative estimate of drug-likeness (QED) is 0.916. The van der Waals surface area contributed by atoms with Crippen LogP contribution < -0.4 is 10.2 Å². The Hall–Kier alpha value is -0.810. The molecule has 106 valence electrons. The first-order chi connectivity index (χ1) is 9.22. The maximum atomic E-state index is 14.1. The topological polar surface area (TPSA) is 15.3 Å². The first-order valence-electron chi connectivity index (χ1n) is 6.73. The van der Waals surface area contributed by atoms with E-state index in [1.165, 1.54) is 12.1 Å². The molecule has 0 saturated carbocycles. The number of benzene rings is 1. The molecule has 19 heavy (non-hydrogen) atoms. The highest BCUT2D eigenvalue weighted by atomic mass is 32.2. The smallest absolute Gasteiger partial charge is 0.149 e. The van der Waals surface area contributed by atoms with E-state index in [9.17, 15) is 8.78 Å². The highest BCUT2D eigenvalue weighted by molar-refractivity contribution is 7.99. The molecule has 0 aliphatic carbocycles. The second kappa shape index (κ2) is 7.10. The molecular formula is C14H20F2N2S. The first kappa shape index (κ1) is 14.6. The lowest BCUT2D eigenvalue weighted by Crippen LogP contribution is -2.27. The number of thioether (sulfide) groups is 1. The van der Waals surface area contributed by atoms with E-state index in [2.05, 4.69) is 5.32 Å². The lowest BCUT2D eigenvalue weighted by Gasteiger charge is -2.23. The molecule has 1 fully saturated rings. The molecule has 1 aliphatic rings. The summed E-state index contributed by atoms with van der Waals surface area (Å²) >= 11 is 1.84. The molecule has 1 aromatic rings. The van der Waals surface area contributed by atoms with Gasteiger partial charge in [0.15, 0.2) is 0 Å². The van der Waals surface area contributed by atoms with Crippen LogP contribution in [0.15, 0.2) is 12.1 Å². The Balaban J connectivity index is 2.20. The van der Waals surface area contributed by atoms with Crippen molar-refractivity contribution in [3.05, 3.63) is 29.3 Å². The number of hydrogen-bond acceptors (Lipinski definition) is 3. The Labute approximate surface area is 117 Å². The fourth-order valence-electron chi connectivity index (χ4n) is 2.26. The molecule has 0 unspecified atom stereocenters. The van der Waals surface area contributed by atoms with Crippen molar-refractivity contribution >= 4 is 17.4 Å². The zero-order valence-corrected chi connectivity index (χ0v) is 12.0. The number of halogens is 2. The van der Waals surface area contributed by atoms with Crippen molar-refractivity contribution in [1.82, 2.24) is 5.32 Å². The minimum absolute atomic E-state index is 0.141. The van der Waals surface area contributed by atoms with E-state index in [1.54, 1.807) is 0 Å². The molecule has 1 N–H and O–H groups in total. The van der Waals surface area contributed by atoms with E-state index in [1.807, 2.05) is 23.6 Å². The van der Waals surface area contributed by atoms with Gasteiger partial charge in [-0.2, -0.15) is 11.8 Å². The lowest BCUT2D eigenvalue weighted by atomic mass is 10.1. The van der Waals surface area contributed by atoms with Gasteiger partial charge in [-0.1, -0.05) is 6.92 Å². The summed E-state index contributed by atoms with van der Waals surface area (Å²) in [6, 6.07) is 2.89. The summed E-state index contributed by atoms with van der Waals surface area (Å²) < 4.78 is 28.3. The summed E-state index contributed by atoms with van der Waals surface area (Å²) in [6.45, 7) is 4.70. The van der Waals surface area contributed by atoms with Gasteiger partial charge in [-0.3, -0.25) is 0 Å². The van der Waals surface area contributed by atoms with Crippen molar-refractivity contribution in [2.24, 2.45) is 0 Å². The number of nitrogens with one attached hydrogen (secondary N) is 1. The van der Waals surface area contributed by atoms with Gasteiger partial charge in [-0.05, 0) is 36.4 Å². The maximum Gasteiger partial charge on any atom is 0.149 e. The SMILES string of the molecule is CCNCc1cc(F)c(N2CCCSCC2)c(F)c1. The third-order valence-electron chi connectivity index (χ3n) is 3.19. The average Bonchev–Trinajstić information content (AvgIpc) is 2.64. The zero-order chi connectivity index (χ0) is 13.7. The molecule has 0 atom stereocenters. The minimum atomic E-state index is -0.445. The van der Waals surface area contributed by atoms with Crippen LogP contribution in [-0.4, -0.2) is 31.1 Å². The Morgan fingerprint density at radius 3 is 2.63 bits per heavy atom. The van der Waals surface area contributed by atoms with Crippen molar-refractivity contribution < 1.29 is 8.78 Å². The van der Waals surface area contributed by atoms with Gasteiger partial charge < -0.3 is 10.2 Å². The van der Waals surface area contributed by atoms with Crippen molar-refractivity contribution in [1.29, 1.82) is 0 Å². The molecule has 1 aliphatic heterocycles. The maximum absolute atomic E-state index is 14.1. The molecule has 0 aromatic heterocycles. The van der Waals surface area contributed by atoms with Crippen LogP contribution in [-0.2, 0) is 6.54 Å². The third kappa shape index (κ3) is 3.83. The van der Waals surface area contributed by atoms with Gasteiger partial charge in [0, 0.05) is 25.4 Å². The van der Waals surface area contributed by atoms with Crippen LogP contribution in [0.3, 0.4) is 0 Å². The molecule has 2 rings (SSSR count). The molecule has 0 spiro atoms. The highest BCUT2D eigenvalue weighted by Crippen LogP contribution is 2.27. The Morgan fingerprint density at radius 1 is 1.21 bits per heavy atom. The zero-order valence-electron chi connectivity index (χ0n) is 11.2. The van der Waals surface area contributed by atoms with E-state index in [-0.39, 0.29) is 5.69 Å². The van der Waals surface area contributed by atoms with E-state index < -0.39 is 11.6 Å². The number of rotatable bonds is 4. The highest BCUT2D eigenvalue weighted by Gasteiger charge is 2.19. The lowest BCUT2D eigenvalue weighted by molar-refractivity contribution is 0.566. The fourth-order valence-corrected chi connectivity index (χ4v) is 3.15. The molecule has 1 aromatic carbocycles. The van der Waals surface area contributed by atoms with E-state index in [0.717, 1.165) is 31.0 Å². The van der Waals surface area contributed by atoms with Gasteiger partial charge in [-0.15, -0.1) is 0 Å². The summed E-state index contributed by atoms with van der Waals surface area (Å²) in [5.74, 6) is 1.11. The first-order valence-corrected chi connectivity index (χ1v) is 7.89. The minimum Gasteiger partial charge on any atom is -0.366 e. The Bertz CT molecular complexity index is 395. The monoisotopic (exact) mass is 286 g/mol. The second-order valence-corrected chi connectivity index (χ2v) is 5.87. The van der Waals surface area contributed by atoms with Gasteiger partial charge in [0.2, 0.25) is 0 Å². The van der Waals surface area contributed by atoms with Gasteiger partial charge in [0.1, 0.15) is 17.3 Å². The van der Waals surface area contributed by atoms with Crippen molar-refractivity contribution in [3.8, 4) is 0 Å². The van der Waals surface area contributed by atoms with Crippen LogP contribution in [0.25, 0.3) is 0 Å².